The molecular weight excluding hydrogens is 385 g/mol. The lowest BCUT2D eigenvalue weighted by molar-refractivity contribution is 0.0697. The summed E-state index contributed by atoms with van der Waals surface area (Å²) in [5.74, 6) is -1.12. The average Bonchev–Trinajstić information content (AvgIpc) is 2.59. The van der Waals surface area contributed by atoms with Gasteiger partial charge >= 0.3 is 5.97 Å². The second-order valence-electron chi connectivity index (χ2n) is 6.65. The molecule has 2 atom stereocenters. The highest BCUT2D eigenvalue weighted by Gasteiger charge is 2.25. The minimum atomic E-state index is -1.43. The van der Waals surface area contributed by atoms with Gasteiger partial charge in [0.1, 0.15) is 11.8 Å². The van der Waals surface area contributed by atoms with Crippen LogP contribution in [0.1, 0.15) is 40.1 Å². The number of aromatic nitrogens is 2. The zero-order chi connectivity index (χ0) is 20.6. The van der Waals surface area contributed by atoms with E-state index in [0.717, 1.165) is 0 Å². The average molecular weight is 404 g/mol. The molecule has 2 aromatic heterocycles. The van der Waals surface area contributed by atoms with Crippen LogP contribution in [0.4, 0.5) is 10.1 Å². The van der Waals surface area contributed by atoms with Crippen molar-refractivity contribution in [1.29, 1.82) is 0 Å². The minimum Gasteiger partial charge on any atom is -0.478 e. The number of aryl methyl sites for hydroxylation is 2. The quantitative estimate of drug-likeness (QED) is 0.667. The third kappa shape index (κ3) is 3.71. The third-order valence-electron chi connectivity index (χ3n) is 4.48. The molecule has 28 heavy (non-hydrogen) atoms. The summed E-state index contributed by atoms with van der Waals surface area (Å²) in [7, 11) is 0. The first-order valence-electron chi connectivity index (χ1n) is 8.62. The lowest BCUT2D eigenvalue weighted by atomic mass is 10.0. The van der Waals surface area contributed by atoms with E-state index >= 15 is 0 Å². The summed E-state index contributed by atoms with van der Waals surface area (Å²) in [4.78, 5) is 28.4. The number of carboxylic acids is 1. The first kappa shape index (κ1) is 19.8. The predicted molar refractivity (Wildman–Crippen MR) is 106 cm³/mol. The molecule has 0 bridgehead atoms. The summed E-state index contributed by atoms with van der Waals surface area (Å²) in [6.45, 7) is 4.69. The maximum atomic E-state index is 14.7. The van der Waals surface area contributed by atoms with Crippen LogP contribution >= 0.6 is 11.6 Å². The number of carboxylic acid groups (broad SMARTS) is 1. The molecule has 0 amide bonds. The smallest absolute Gasteiger partial charge is 0.338 e. The van der Waals surface area contributed by atoms with Crippen molar-refractivity contribution in [2.45, 2.75) is 33.0 Å². The third-order valence-corrected chi connectivity index (χ3v) is 4.68. The van der Waals surface area contributed by atoms with Crippen LogP contribution in [-0.2, 0) is 0 Å². The summed E-state index contributed by atoms with van der Waals surface area (Å²) in [5, 5.41) is 12.8. The van der Waals surface area contributed by atoms with Crippen LogP contribution in [-0.4, -0.2) is 26.6 Å². The van der Waals surface area contributed by atoms with E-state index in [1.807, 2.05) is 0 Å². The maximum absolute atomic E-state index is 14.7. The number of hydrogen-bond donors (Lipinski definition) is 2. The van der Waals surface area contributed by atoms with E-state index in [4.69, 9.17) is 11.6 Å². The lowest BCUT2D eigenvalue weighted by Gasteiger charge is -2.24. The van der Waals surface area contributed by atoms with Crippen LogP contribution in [0.5, 0.6) is 0 Å². The van der Waals surface area contributed by atoms with Crippen molar-refractivity contribution in [3.63, 3.8) is 0 Å². The molecule has 3 aromatic rings. The van der Waals surface area contributed by atoms with Gasteiger partial charge in [-0.15, -0.1) is 0 Å². The maximum Gasteiger partial charge on any atom is 0.338 e. The van der Waals surface area contributed by atoms with Crippen LogP contribution in [0.25, 0.3) is 5.65 Å². The van der Waals surface area contributed by atoms with Gasteiger partial charge in [0, 0.05) is 29.2 Å². The molecule has 0 aliphatic heterocycles. The van der Waals surface area contributed by atoms with Gasteiger partial charge in [-0.3, -0.25) is 9.20 Å². The van der Waals surface area contributed by atoms with E-state index < -0.39 is 18.2 Å². The first-order chi connectivity index (χ1) is 13.2. The predicted octanol–water partition coefficient (Wildman–Crippen LogP) is 4.17. The Kier molecular flexibility index (Phi) is 5.38. The molecular formula is C20H19ClFN3O3. The van der Waals surface area contributed by atoms with Crippen molar-refractivity contribution in [2.24, 2.45) is 0 Å². The Morgan fingerprint density at radius 3 is 2.68 bits per heavy atom. The summed E-state index contributed by atoms with van der Waals surface area (Å²) in [6, 6.07) is 6.85. The van der Waals surface area contributed by atoms with E-state index in [1.165, 1.54) is 29.7 Å². The van der Waals surface area contributed by atoms with E-state index in [-0.39, 0.29) is 27.5 Å². The van der Waals surface area contributed by atoms with Crippen molar-refractivity contribution >= 4 is 28.9 Å². The Morgan fingerprint density at radius 1 is 1.32 bits per heavy atom. The molecule has 6 nitrogen and oxygen atoms in total. The largest absolute Gasteiger partial charge is 0.478 e. The zero-order valence-corrected chi connectivity index (χ0v) is 16.3. The molecule has 0 aliphatic rings. The van der Waals surface area contributed by atoms with Gasteiger partial charge in [-0.1, -0.05) is 23.7 Å². The number of rotatable bonds is 5. The highest BCUT2D eigenvalue weighted by molar-refractivity contribution is 6.30. The molecule has 0 aliphatic carbocycles. The number of hydrogen-bond acceptors (Lipinski definition) is 4. The fraction of sp³-hybridized carbons (Fsp3) is 0.250. The molecule has 0 saturated carbocycles. The number of benzene rings is 1. The Balaban J connectivity index is 2.22. The molecule has 3 rings (SSSR count). The van der Waals surface area contributed by atoms with Crippen molar-refractivity contribution in [1.82, 2.24) is 9.38 Å². The van der Waals surface area contributed by atoms with Crippen molar-refractivity contribution in [3.8, 4) is 0 Å². The summed E-state index contributed by atoms with van der Waals surface area (Å²) in [5.41, 5.74) is 1.65. The SMILES string of the molecule is Cc1cc(=O)n2cc(Cl)cc([C@H](Nc3cccc(C)c3C(=O)O)C(C)F)c2n1. The first-order valence-corrected chi connectivity index (χ1v) is 9.00. The monoisotopic (exact) mass is 403 g/mol. The molecule has 2 N–H and O–H groups in total. The number of nitrogens with zero attached hydrogens (tertiary/aromatic N) is 2. The lowest BCUT2D eigenvalue weighted by Crippen LogP contribution is -2.24. The molecule has 1 unspecified atom stereocenters. The van der Waals surface area contributed by atoms with Gasteiger partial charge in [0.05, 0.1) is 16.6 Å². The minimum absolute atomic E-state index is 0.0563. The normalized spacial score (nSPS) is 13.3. The molecule has 0 spiro atoms. The Hall–Kier alpha value is -2.93. The van der Waals surface area contributed by atoms with Gasteiger partial charge in [0.25, 0.3) is 5.56 Å². The number of carbonyl (C=O) groups is 1. The number of halogens is 2. The highest BCUT2D eigenvalue weighted by atomic mass is 35.5. The number of pyridine rings is 1. The van der Waals surface area contributed by atoms with E-state index in [0.29, 0.717) is 16.8 Å². The number of fused-ring (bicyclic) bond motifs is 1. The summed E-state index contributed by atoms with van der Waals surface area (Å²) >= 11 is 6.16. The molecule has 0 saturated heterocycles. The van der Waals surface area contributed by atoms with Gasteiger partial charge in [0.15, 0.2) is 0 Å². The van der Waals surface area contributed by atoms with Gasteiger partial charge < -0.3 is 10.4 Å². The van der Waals surface area contributed by atoms with E-state index in [9.17, 15) is 19.1 Å². The Bertz CT molecular complexity index is 1130. The van der Waals surface area contributed by atoms with Gasteiger partial charge in [-0.05, 0) is 38.5 Å². The molecule has 8 heteroatoms. The highest BCUT2D eigenvalue weighted by Crippen LogP contribution is 2.31. The van der Waals surface area contributed by atoms with Crippen LogP contribution < -0.4 is 10.9 Å². The van der Waals surface area contributed by atoms with Crippen LogP contribution in [0.15, 0.2) is 41.3 Å². The van der Waals surface area contributed by atoms with Crippen molar-refractivity contribution < 1.29 is 14.3 Å². The standard InChI is InChI=1S/C20H19ClFN3O3/c1-10-5-4-6-15(17(10)20(27)28)24-18(12(3)22)14-8-13(21)9-25-16(26)7-11(2)23-19(14)25/h4-9,12,18,24H,1-3H3,(H,27,28)/t12?,18-/m1/s1. The van der Waals surface area contributed by atoms with E-state index in [1.54, 1.807) is 32.0 Å². The fourth-order valence-electron chi connectivity index (χ4n) is 3.22. The van der Waals surface area contributed by atoms with Crippen LogP contribution in [0, 0.1) is 13.8 Å². The Morgan fingerprint density at radius 2 is 2.04 bits per heavy atom. The Labute approximate surface area is 165 Å². The van der Waals surface area contributed by atoms with Crippen molar-refractivity contribution in [3.05, 3.63) is 74.3 Å². The van der Waals surface area contributed by atoms with Crippen LogP contribution in [0.2, 0.25) is 5.02 Å². The van der Waals surface area contributed by atoms with Crippen LogP contribution in [0.3, 0.4) is 0 Å². The molecule has 146 valence electrons. The molecule has 0 radical (unpaired) electrons. The summed E-state index contributed by atoms with van der Waals surface area (Å²) < 4.78 is 15.9. The molecule has 1 aromatic carbocycles. The molecule has 2 heterocycles. The zero-order valence-electron chi connectivity index (χ0n) is 15.5. The number of alkyl halides is 1. The molecule has 0 fully saturated rings. The van der Waals surface area contributed by atoms with E-state index in [2.05, 4.69) is 10.3 Å². The second-order valence-corrected chi connectivity index (χ2v) is 7.08. The number of aromatic carboxylic acids is 1. The van der Waals surface area contributed by atoms with Gasteiger partial charge in [-0.2, -0.15) is 0 Å². The van der Waals surface area contributed by atoms with Gasteiger partial charge in [-0.25, -0.2) is 14.2 Å². The number of anilines is 1. The second kappa shape index (κ2) is 7.59. The number of nitrogens with one attached hydrogen (secondary N) is 1. The van der Waals surface area contributed by atoms with Crippen molar-refractivity contribution in [2.75, 3.05) is 5.32 Å². The fourth-order valence-corrected chi connectivity index (χ4v) is 3.43. The topological polar surface area (TPSA) is 83.7 Å². The van der Waals surface area contributed by atoms with Gasteiger partial charge in [0.2, 0.25) is 0 Å². The summed E-state index contributed by atoms with van der Waals surface area (Å²) in [6.07, 6.45) is -0.00776.